The molecule has 58 valence electrons. The van der Waals surface area contributed by atoms with Crippen LogP contribution in [0, 0.1) is 0 Å². The van der Waals surface area contributed by atoms with Crippen molar-refractivity contribution >= 4 is 0 Å². The van der Waals surface area contributed by atoms with Crippen LogP contribution in [0.4, 0.5) is 0 Å². The highest BCUT2D eigenvalue weighted by molar-refractivity contribution is 5.33. The van der Waals surface area contributed by atoms with Crippen molar-refractivity contribution in [2.24, 2.45) is 0 Å². The summed E-state index contributed by atoms with van der Waals surface area (Å²) in [7, 11) is 0. The summed E-state index contributed by atoms with van der Waals surface area (Å²) >= 11 is 0. The maximum absolute atomic E-state index is 5.54. The molecule has 0 spiro atoms. The second-order valence-electron chi connectivity index (χ2n) is 3.37. The minimum atomic E-state index is 0.000579. The Hall–Kier alpha value is -0.820. The fourth-order valence-corrected chi connectivity index (χ4v) is 1.60. The summed E-state index contributed by atoms with van der Waals surface area (Å²) in [5.74, 6) is 0. The molecule has 2 unspecified atom stereocenters. The van der Waals surface area contributed by atoms with Crippen molar-refractivity contribution in [2.75, 3.05) is 0 Å². The molecular formula is C10H12O. The van der Waals surface area contributed by atoms with E-state index in [0.29, 0.717) is 6.10 Å². The summed E-state index contributed by atoms with van der Waals surface area (Å²) in [6.07, 6.45) is 9.60. The molecule has 0 N–H and O–H groups in total. The Morgan fingerprint density at radius 1 is 1.64 bits per heavy atom. The van der Waals surface area contributed by atoms with Gasteiger partial charge >= 0.3 is 0 Å². The van der Waals surface area contributed by atoms with Gasteiger partial charge in [-0.1, -0.05) is 23.8 Å². The minimum absolute atomic E-state index is 0.000579. The third-order valence-corrected chi connectivity index (χ3v) is 2.12. The number of ether oxygens (including phenoxy) is 1. The van der Waals surface area contributed by atoms with Crippen LogP contribution in [-0.4, -0.2) is 11.7 Å². The molecule has 0 saturated carbocycles. The Balaban J connectivity index is 2.10. The van der Waals surface area contributed by atoms with Crippen molar-refractivity contribution in [1.29, 1.82) is 0 Å². The molecule has 1 aliphatic heterocycles. The zero-order valence-corrected chi connectivity index (χ0v) is 6.71. The molecule has 2 atom stereocenters. The summed E-state index contributed by atoms with van der Waals surface area (Å²) in [6.45, 7) is 5.92. The lowest BCUT2D eigenvalue weighted by atomic mass is 9.94. The second kappa shape index (κ2) is 2.08. The maximum atomic E-state index is 5.54. The predicted molar refractivity (Wildman–Crippen MR) is 45.3 cm³/mol. The van der Waals surface area contributed by atoms with E-state index in [2.05, 4.69) is 18.7 Å². The molecule has 0 aromatic rings. The van der Waals surface area contributed by atoms with E-state index in [0.717, 1.165) is 6.42 Å². The van der Waals surface area contributed by atoms with Gasteiger partial charge in [0.05, 0.1) is 0 Å². The van der Waals surface area contributed by atoms with Crippen molar-refractivity contribution in [3.05, 3.63) is 36.5 Å². The van der Waals surface area contributed by atoms with Gasteiger partial charge in [0.1, 0.15) is 11.7 Å². The maximum Gasteiger partial charge on any atom is 0.121 e. The summed E-state index contributed by atoms with van der Waals surface area (Å²) in [4.78, 5) is 0. The van der Waals surface area contributed by atoms with Crippen LogP contribution >= 0.6 is 0 Å². The first-order valence-corrected chi connectivity index (χ1v) is 3.91. The average Bonchev–Trinajstić information content (AvgIpc) is 2.59. The SMILES string of the molecule is C=C(C)CC12C=CC=CC1O2. The number of fused-ring (bicyclic) bond motifs is 1. The van der Waals surface area contributed by atoms with Gasteiger partial charge in [0, 0.05) is 6.42 Å². The molecule has 1 heteroatoms. The first-order chi connectivity index (χ1) is 5.23. The van der Waals surface area contributed by atoms with Gasteiger partial charge in [0.15, 0.2) is 0 Å². The van der Waals surface area contributed by atoms with E-state index in [1.165, 1.54) is 5.57 Å². The van der Waals surface area contributed by atoms with Crippen LogP contribution in [-0.2, 0) is 4.74 Å². The van der Waals surface area contributed by atoms with Crippen molar-refractivity contribution in [1.82, 2.24) is 0 Å². The smallest absolute Gasteiger partial charge is 0.121 e. The molecule has 11 heavy (non-hydrogen) atoms. The van der Waals surface area contributed by atoms with Crippen LogP contribution in [0.3, 0.4) is 0 Å². The molecule has 0 amide bonds. The zero-order chi connectivity index (χ0) is 7.90. The lowest BCUT2D eigenvalue weighted by Gasteiger charge is -2.07. The lowest BCUT2D eigenvalue weighted by molar-refractivity contribution is 0.339. The molecule has 0 aromatic heterocycles. The van der Waals surface area contributed by atoms with Gasteiger partial charge in [0.25, 0.3) is 0 Å². The number of epoxide rings is 1. The van der Waals surface area contributed by atoms with Gasteiger partial charge < -0.3 is 4.74 Å². The Labute approximate surface area is 67.1 Å². The molecule has 1 saturated heterocycles. The lowest BCUT2D eigenvalue weighted by Crippen LogP contribution is -2.12. The van der Waals surface area contributed by atoms with Gasteiger partial charge in [-0.15, -0.1) is 6.58 Å². The van der Waals surface area contributed by atoms with Crippen molar-refractivity contribution in [2.45, 2.75) is 25.0 Å². The normalized spacial score (nSPS) is 38.5. The van der Waals surface area contributed by atoms with Gasteiger partial charge in [-0.3, -0.25) is 0 Å². The summed E-state index contributed by atoms with van der Waals surface area (Å²) in [6, 6.07) is 0. The van der Waals surface area contributed by atoms with Gasteiger partial charge in [-0.05, 0) is 13.0 Å². The highest BCUT2D eigenvalue weighted by atomic mass is 16.6. The van der Waals surface area contributed by atoms with Gasteiger partial charge in [0.2, 0.25) is 0 Å². The van der Waals surface area contributed by atoms with Crippen LogP contribution in [0.1, 0.15) is 13.3 Å². The van der Waals surface area contributed by atoms with Gasteiger partial charge in [-0.25, -0.2) is 0 Å². The molecule has 0 aromatic carbocycles. The van der Waals surface area contributed by atoms with E-state index in [4.69, 9.17) is 4.74 Å². The summed E-state index contributed by atoms with van der Waals surface area (Å²) < 4.78 is 5.54. The zero-order valence-electron chi connectivity index (χ0n) is 6.71. The highest BCUT2D eigenvalue weighted by Crippen LogP contribution is 2.45. The third-order valence-electron chi connectivity index (χ3n) is 2.12. The molecular weight excluding hydrogens is 136 g/mol. The van der Waals surface area contributed by atoms with Crippen LogP contribution in [0.15, 0.2) is 36.5 Å². The Morgan fingerprint density at radius 3 is 3.09 bits per heavy atom. The monoisotopic (exact) mass is 148 g/mol. The number of rotatable bonds is 2. The summed E-state index contributed by atoms with van der Waals surface area (Å²) in [5.41, 5.74) is 1.19. The first kappa shape index (κ1) is 6.86. The van der Waals surface area contributed by atoms with Crippen molar-refractivity contribution in [3.8, 4) is 0 Å². The number of allylic oxidation sites excluding steroid dienone is 2. The Bertz CT molecular complexity index is 250. The fraction of sp³-hybridized carbons (Fsp3) is 0.400. The Kier molecular flexibility index (Phi) is 1.30. The largest absolute Gasteiger partial charge is 0.357 e. The standard InChI is InChI=1S/C10H12O/c1-8(2)7-10-6-4-3-5-9(10)11-10/h3-6,9H,1,7H2,2H3. The van der Waals surface area contributed by atoms with E-state index in [9.17, 15) is 0 Å². The van der Waals surface area contributed by atoms with E-state index in [1.54, 1.807) is 0 Å². The molecule has 2 rings (SSSR count). The predicted octanol–water partition coefficient (Wildman–Crippen LogP) is 2.22. The molecule has 0 radical (unpaired) electrons. The van der Waals surface area contributed by atoms with Crippen LogP contribution in [0.2, 0.25) is 0 Å². The second-order valence-corrected chi connectivity index (χ2v) is 3.37. The fourth-order valence-electron chi connectivity index (χ4n) is 1.60. The quantitative estimate of drug-likeness (QED) is 0.432. The van der Waals surface area contributed by atoms with E-state index in [1.807, 2.05) is 19.1 Å². The van der Waals surface area contributed by atoms with E-state index >= 15 is 0 Å². The molecule has 1 fully saturated rings. The Morgan fingerprint density at radius 2 is 2.45 bits per heavy atom. The molecule has 0 bridgehead atoms. The van der Waals surface area contributed by atoms with E-state index in [-0.39, 0.29) is 5.60 Å². The number of hydrogen-bond donors (Lipinski definition) is 0. The van der Waals surface area contributed by atoms with Crippen molar-refractivity contribution < 1.29 is 4.74 Å². The summed E-state index contributed by atoms with van der Waals surface area (Å²) in [5, 5.41) is 0. The van der Waals surface area contributed by atoms with Crippen molar-refractivity contribution in [3.63, 3.8) is 0 Å². The first-order valence-electron chi connectivity index (χ1n) is 3.91. The van der Waals surface area contributed by atoms with E-state index < -0.39 is 0 Å². The molecule has 2 aliphatic rings. The van der Waals surface area contributed by atoms with Gasteiger partial charge in [-0.2, -0.15) is 0 Å². The van der Waals surface area contributed by atoms with Crippen LogP contribution < -0.4 is 0 Å². The molecule has 1 aliphatic carbocycles. The minimum Gasteiger partial charge on any atom is -0.357 e. The molecule has 1 heterocycles. The average molecular weight is 148 g/mol. The topological polar surface area (TPSA) is 12.5 Å². The highest BCUT2D eigenvalue weighted by Gasteiger charge is 2.53. The number of hydrogen-bond acceptors (Lipinski definition) is 1. The third kappa shape index (κ3) is 1.05. The van der Waals surface area contributed by atoms with Crippen LogP contribution in [0.5, 0.6) is 0 Å². The molecule has 1 nitrogen and oxygen atoms in total. The van der Waals surface area contributed by atoms with Crippen LogP contribution in [0.25, 0.3) is 0 Å².